The van der Waals surface area contributed by atoms with Gasteiger partial charge in [0.25, 0.3) is 0 Å². The minimum absolute atomic E-state index is 0.0864. The Morgan fingerprint density at radius 2 is 2.29 bits per heavy atom. The molecule has 1 saturated heterocycles. The number of rotatable bonds is 6. The van der Waals surface area contributed by atoms with Crippen LogP contribution in [0.3, 0.4) is 0 Å². The summed E-state index contributed by atoms with van der Waals surface area (Å²) in [6, 6.07) is -0.412. The molecule has 2 amide bonds. The maximum Gasteiger partial charge on any atom is 0.305 e. The highest BCUT2D eigenvalue weighted by molar-refractivity contribution is 5.90. The lowest BCUT2D eigenvalue weighted by Crippen LogP contribution is -2.41. The third-order valence-corrected chi connectivity index (χ3v) is 2.47. The van der Waals surface area contributed by atoms with E-state index in [1.54, 1.807) is 6.92 Å². The van der Waals surface area contributed by atoms with E-state index in [0.717, 1.165) is 0 Å². The Labute approximate surface area is 100 Å². The van der Waals surface area contributed by atoms with Crippen molar-refractivity contribution in [2.45, 2.75) is 38.6 Å². The smallest absolute Gasteiger partial charge is 0.305 e. The van der Waals surface area contributed by atoms with Crippen LogP contribution in [0.4, 0.5) is 0 Å². The molecule has 0 radical (unpaired) electrons. The number of esters is 1. The molecule has 1 heterocycles. The summed E-state index contributed by atoms with van der Waals surface area (Å²) in [7, 11) is 0. The predicted molar refractivity (Wildman–Crippen MR) is 60.0 cm³/mol. The largest absolute Gasteiger partial charge is 0.466 e. The molecule has 1 fully saturated rings. The number of nitrogens with one attached hydrogen (secondary N) is 2. The lowest BCUT2D eigenvalue weighted by molar-refractivity contribution is -0.143. The van der Waals surface area contributed by atoms with Crippen molar-refractivity contribution in [1.82, 2.24) is 10.6 Å². The molecule has 0 saturated carbocycles. The highest BCUT2D eigenvalue weighted by Crippen LogP contribution is 2.06. The maximum atomic E-state index is 11.5. The van der Waals surface area contributed by atoms with Crippen LogP contribution in [-0.4, -0.2) is 37.0 Å². The summed E-state index contributed by atoms with van der Waals surface area (Å²) in [6.07, 6.45) is 1.79. The number of carbonyl (C=O) groups is 3. The molecule has 0 spiro atoms. The topological polar surface area (TPSA) is 84.5 Å². The zero-order valence-corrected chi connectivity index (χ0v) is 9.95. The molecule has 1 aliphatic heterocycles. The Kier molecular flexibility index (Phi) is 5.45. The van der Waals surface area contributed by atoms with Crippen molar-refractivity contribution in [1.29, 1.82) is 0 Å². The quantitative estimate of drug-likeness (QED) is 0.496. The number of ether oxygens (including phenoxy) is 1. The fourth-order valence-electron chi connectivity index (χ4n) is 1.61. The van der Waals surface area contributed by atoms with Gasteiger partial charge < -0.3 is 15.4 Å². The second-order valence-electron chi connectivity index (χ2n) is 3.86. The maximum absolute atomic E-state index is 11.5. The first-order valence-electron chi connectivity index (χ1n) is 5.86. The van der Waals surface area contributed by atoms with Crippen LogP contribution in [0.1, 0.15) is 32.6 Å². The zero-order valence-electron chi connectivity index (χ0n) is 9.95. The van der Waals surface area contributed by atoms with Gasteiger partial charge in [0.2, 0.25) is 11.8 Å². The van der Waals surface area contributed by atoms with Gasteiger partial charge in [0.05, 0.1) is 6.61 Å². The Bertz CT molecular complexity index is 304. The van der Waals surface area contributed by atoms with Gasteiger partial charge in [-0.15, -0.1) is 0 Å². The van der Waals surface area contributed by atoms with E-state index in [0.29, 0.717) is 38.8 Å². The van der Waals surface area contributed by atoms with E-state index in [1.807, 2.05) is 0 Å². The number of hydrogen-bond acceptors (Lipinski definition) is 4. The Morgan fingerprint density at radius 3 is 2.88 bits per heavy atom. The predicted octanol–water partition coefficient (Wildman–Crippen LogP) is -0.275. The second-order valence-corrected chi connectivity index (χ2v) is 3.86. The van der Waals surface area contributed by atoms with Crippen molar-refractivity contribution in [2.75, 3.05) is 13.2 Å². The van der Waals surface area contributed by atoms with Crippen molar-refractivity contribution in [3.05, 3.63) is 0 Å². The third-order valence-electron chi connectivity index (χ3n) is 2.47. The SMILES string of the molecule is CCOC(=O)CCCNC(=O)C1CCC(=O)N1. The molecule has 0 bridgehead atoms. The Morgan fingerprint density at radius 1 is 1.53 bits per heavy atom. The normalized spacial score (nSPS) is 18.6. The van der Waals surface area contributed by atoms with Crippen molar-refractivity contribution < 1.29 is 19.1 Å². The molecule has 1 unspecified atom stereocenters. The second kappa shape index (κ2) is 6.88. The number of hydrogen-bond donors (Lipinski definition) is 2. The minimum atomic E-state index is -0.412. The van der Waals surface area contributed by atoms with Crippen LogP contribution in [0.25, 0.3) is 0 Å². The van der Waals surface area contributed by atoms with E-state index < -0.39 is 6.04 Å². The van der Waals surface area contributed by atoms with Gasteiger partial charge in [-0.3, -0.25) is 14.4 Å². The van der Waals surface area contributed by atoms with Crippen LogP contribution in [0.2, 0.25) is 0 Å². The highest BCUT2D eigenvalue weighted by Gasteiger charge is 2.26. The average molecular weight is 242 g/mol. The van der Waals surface area contributed by atoms with Gasteiger partial charge in [-0.1, -0.05) is 0 Å². The fourth-order valence-corrected chi connectivity index (χ4v) is 1.61. The molecular formula is C11H18N2O4. The van der Waals surface area contributed by atoms with Crippen molar-refractivity contribution in [3.8, 4) is 0 Å². The minimum Gasteiger partial charge on any atom is -0.466 e. The zero-order chi connectivity index (χ0) is 12.7. The molecule has 0 aromatic heterocycles. The van der Waals surface area contributed by atoms with E-state index in [9.17, 15) is 14.4 Å². The summed E-state index contributed by atoms with van der Waals surface area (Å²) in [5.74, 6) is -0.521. The summed E-state index contributed by atoms with van der Waals surface area (Å²) in [4.78, 5) is 33.4. The number of carbonyl (C=O) groups excluding carboxylic acids is 3. The highest BCUT2D eigenvalue weighted by atomic mass is 16.5. The molecule has 96 valence electrons. The van der Waals surface area contributed by atoms with Gasteiger partial charge in [0, 0.05) is 19.4 Å². The number of amides is 2. The Balaban J connectivity index is 2.08. The van der Waals surface area contributed by atoms with Crippen LogP contribution in [-0.2, 0) is 19.1 Å². The molecule has 17 heavy (non-hydrogen) atoms. The molecule has 1 atom stereocenters. The van der Waals surface area contributed by atoms with E-state index >= 15 is 0 Å². The average Bonchev–Trinajstić information content (AvgIpc) is 2.71. The monoisotopic (exact) mass is 242 g/mol. The summed E-state index contributed by atoms with van der Waals surface area (Å²) in [6.45, 7) is 2.55. The summed E-state index contributed by atoms with van der Waals surface area (Å²) >= 11 is 0. The van der Waals surface area contributed by atoms with Crippen LogP contribution in [0.5, 0.6) is 0 Å². The standard InChI is InChI=1S/C11H18N2O4/c1-2-17-10(15)4-3-7-12-11(16)8-5-6-9(14)13-8/h8H,2-7H2,1H3,(H,12,16)(H,13,14). The van der Waals surface area contributed by atoms with E-state index in [1.165, 1.54) is 0 Å². The molecule has 0 aromatic carbocycles. The first-order valence-corrected chi connectivity index (χ1v) is 5.86. The van der Waals surface area contributed by atoms with Gasteiger partial charge in [-0.05, 0) is 19.8 Å². The van der Waals surface area contributed by atoms with Crippen LogP contribution in [0, 0.1) is 0 Å². The van der Waals surface area contributed by atoms with Crippen LogP contribution < -0.4 is 10.6 Å². The molecule has 2 N–H and O–H groups in total. The first-order chi connectivity index (χ1) is 8.13. The molecule has 0 aromatic rings. The van der Waals surface area contributed by atoms with E-state index in [4.69, 9.17) is 4.74 Å². The molecule has 1 rings (SSSR count). The first kappa shape index (κ1) is 13.5. The molecular weight excluding hydrogens is 224 g/mol. The van der Waals surface area contributed by atoms with Crippen molar-refractivity contribution >= 4 is 17.8 Å². The van der Waals surface area contributed by atoms with Crippen LogP contribution in [0.15, 0.2) is 0 Å². The fraction of sp³-hybridized carbons (Fsp3) is 0.727. The van der Waals surface area contributed by atoms with Gasteiger partial charge >= 0.3 is 5.97 Å². The molecule has 6 heteroatoms. The third kappa shape index (κ3) is 4.84. The lowest BCUT2D eigenvalue weighted by Gasteiger charge is -2.10. The summed E-state index contributed by atoms with van der Waals surface area (Å²) in [5, 5.41) is 5.26. The molecule has 6 nitrogen and oxygen atoms in total. The van der Waals surface area contributed by atoms with Gasteiger partial charge in [-0.2, -0.15) is 0 Å². The van der Waals surface area contributed by atoms with Gasteiger partial charge in [-0.25, -0.2) is 0 Å². The molecule has 0 aliphatic carbocycles. The van der Waals surface area contributed by atoms with Gasteiger partial charge in [0.15, 0.2) is 0 Å². The van der Waals surface area contributed by atoms with E-state index in [-0.39, 0.29) is 17.8 Å². The van der Waals surface area contributed by atoms with E-state index in [2.05, 4.69) is 10.6 Å². The van der Waals surface area contributed by atoms with Crippen molar-refractivity contribution in [2.24, 2.45) is 0 Å². The summed E-state index contributed by atoms with van der Waals surface area (Å²) < 4.78 is 4.75. The summed E-state index contributed by atoms with van der Waals surface area (Å²) in [5.41, 5.74) is 0. The Hall–Kier alpha value is -1.59. The lowest BCUT2D eigenvalue weighted by atomic mass is 10.2. The molecule has 1 aliphatic rings. The van der Waals surface area contributed by atoms with Gasteiger partial charge in [0.1, 0.15) is 6.04 Å². The van der Waals surface area contributed by atoms with Crippen LogP contribution >= 0.6 is 0 Å². The van der Waals surface area contributed by atoms with Crippen molar-refractivity contribution in [3.63, 3.8) is 0 Å².